The molecule has 25 heavy (non-hydrogen) atoms. The summed E-state index contributed by atoms with van der Waals surface area (Å²) in [5.41, 5.74) is 1.35. The van der Waals surface area contributed by atoms with Crippen molar-refractivity contribution in [3.05, 3.63) is 15.6 Å². The Kier molecular flexibility index (Phi) is 9.11. The van der Waals surface area contributed by atoms with E-state index in [1.165, 1.54) is 30.6 Å². The van der Waals surface area contributed by atoms with Gasteiger partial charge in [-0.2, -0.15) is 0 Å². The second-order valence-corrected chi connectivity index (χ2v) is 8.64. The number of halogens is 1. The van der Waals surface area contributed by atoms with Gasteiger partial charge < -0.3 is 15.5 Å². The van der Waals surface area contributed by atoms with Crippen molar-refractivity contribution >= 4 is 41.3 Å². The number of thiazole rings is 1. The molecule has 1 saturated carbocycles. The first kappa shape index (κ1) is 22.6. The van der Waals surface area contributed by atoms with E-state index < -0.39 is 0 Å². The lowest BCUT2D eigenvalue weighted by Gasteiger charge is -2.45. The number of aromatic nitrogens is 1. The number of nitrogens with zero attached hydrogens (tertiary/aromatic N) is 3. The minimum absolute atomic E-state index is 0. The van der Waals surface area contributed by atoms with Crippen LogP contribution < -0.4 is 10.6 Å². The first-order chi connectivity index (χ1) is 11.4. The quantitative estimate of drug-likeness (QED) is 0.385. The average Bonchev–Trinajstić information content (AvgIpc) is 2.85. The van der Waals surface area contributed by atoms with Crippen molar-refractivity contribution in [1.82, 2.24) is 20.5 Å². The van der Waals surface area contributed by atoms with Crippen LogP contribution >= 0.6 is 35.3 Å². The van der Waals surface area contributed by atoms with Crippen LogP contribution in [-0.2, 0) is 6.54 Å². The molecule has 1 aromatic rings. The summed E-state index contributed by atoms with van der Waals surface area (Å²) in [6.07, 6.45) is 5.16. The number of rotatable bonds is 5. The lowest BCUT2D eigenvalue weighted by Crippen LogP contribution is -2.56. The van der Waals surface area contributed by atoms with Crippen LogP contribution in [0.3, 0.4) is 0 Å². The molecule has 1 fully saturated rings. The van der Waals surface area contributed by atoms with Gasteiger partial charge in [0.05, 0.1) is 12.2 Å². The summed E-state index contributed by atoms with van der Waals surface area (Å²) < 4.78 is 0. The fourth-order valence-electron chi connectivity index (χ4n) is 3.60. The Bertz CT molecular complexity index is 552. The number of aliphatic imine (C=N–C) groups is 1. The van der Waals surface area contributed by atoms with Gasteiger partial charge in [-0.1, -0.05) is 19.8 Å². The Balaban J connectivity index is 0.00000312. The Hall–Kier alpha value is -0.410. The highest BCUT2D eigenvalue weighted by molar-refractivity contribution is 14.0. The van der Waals surface area contributed by atoms with Crippen LogP contribution in [0.1, 0.15) is 48.2 Å². The lowest BCUT2D eigenvalue weighted by atomic mass is 9.75. The molecule has 0 radical (unpaired) electrons. The smallest absolute Gasteiger partial charge is 0.191 e. The molecular weight excluding hydrogens is 445 g/mol. The number of likely N-dealkylation sites (N-methyl/N-ethyl adjacent to an activating group) is 1. The summed E-state index contributed by atoms with van der Waals surface area (Å²) >= 11 is 1.75. The van der Waals surface area contributed by atoms with Crippen molar-refractivity contribution in [2.45, 2.75) is 58.5 Å². The Labute approximate surface area is 174 Å². The first-order valence-electron chi connectivity index (χ1n) is 8.91. The highest BCUT2D eigenvalue weighted by atomic mass is 127. The maximum atomic E-state index is 4.58. The van der Waals surface area contributed by atoms with Gasteiger partial charge in [-0.25, -0.2) is 4.98 Å². The summed E-state index contributed by atoms with van der Waals surface area (Å²) in [4.78, 5) is 12.7. The third kappa shape index (κ3) is 6.06. The van der Waals surface area contributed by atoms with Gasteiger partial charge in [-0.3, -0.25) is 4.99 Å². The molecule has 0 aliphatic heterocycles. The van der Waals surface area contributed by atoms with Crippen LogP contribution in [0.5, 0.6) is 0 Å². The van der Waals surface area contributed by atoms with Gasteiger partial charge in [0.15, 0.2) is 5.96 Å². The number of hydrogen-bond donors (Lipinski definition) is 2. The van der Waals surface area contributed by atoms with Crippen LogP contribution in [0.4, 0.5) is 0 Å². The zero-order valence-electron chi connectivity index (χ0n) is 16.5. The maximum absolute atomic E-state index is 4.58. The zero-order valence-corrected chi connectivity index (χ0v) is 19.6. The standard InChI is InChI=1S/C18H33N5S.HI/c1-13-8-7-9-18(10-13,23(5)6)12-21-17(19-4)20-11-16-22-14(2)15(3)24-16;/h13H,7-12H2,1-6H3,(H2,19,20,21);1H. The molecule has 5 nitrogen and oxygen atoms in total. The molecule has 2 N–H and O–H groups in total. The van der Waals surface area contributed by atoms with Crippen molar-refractivity contribution < 1.29 is 0 Å². The van der Waals surface area contributed by atoms with Crippen LogP contribution in [0.2, 0.25) is 0 Å². The molecule has 1 aliphatic carbocycles. The number of nitrogens with one attached hydrogen (secondary N) is 2. The largest absolute Gasteiger partial charge is 0.355 e. The molecule has 2 unspecified atom stereocenters. The van der Waals surface area contributed by atoms with Gasteiger partial charge in [0.1, 0.15) is 5.01 Å². The monoisotopic (exact) mass is 479 g/mol. The minimum Gasteiger partial charge on any atom is -0.355 e. The predicted molar refractivity (Wildman–Crippen MR) is 119 cm³/mol. The second kappa shape index (κ2) is 10.1. The average molecular weight is 479 g/mol. The molecule has 144 valence electrons. The summed E-state index contributed by atoms with van der Waals surface area (Å²) in [5.74, 6) is 1.65. The van der Waals surface area contributed by atoms with Gasteiger partial charge in [0, 0.05) is 24.0 Å². The molecule has 1 aliphatic rings. The van der Waals surface area contributed by atoms with Gasteiger partial charge in [-0.15, -0.1) is 35.3 Å². The molecule has 0 amide bonds. The van der Waals surface area contributed by atoms with E-state index in [4.69, 9.17) is 0 Å². The summed E-state index contributed by atoms with van der Waals surface area (Å²) in [5, 5.41) is 8.06. The molecule has 7 heteroatoms. The van der Waals surface area contributed by atoms with Gasteiger partial charge >= 0.3 is 0 Å². The van der Waals surface area contributed by atoms with Gasteiger partial charge in [-0.05, 0) is 46.7 Å². The van der Waals surface area contributed by atoms with E-state index >= 15 is 0 Å². The molecule has 0 bridgehead atoms. The van der Waals surface area contributed by atoms with Crippen molar-refractivity contribution in [3.8, 4) is 0 Å². The van der Waals surface area contributed by atoms with Crippen molar-refractivity contribution in [2.75, 3.05) is 27.7 Å². The van der Waals surface area contributed by atoms with E-state index in [9.17, 15) is 0 Å². The van der Waals surface area contributed by atoms with Gasteiger partial charge in [0.25, 0.3) is 0 Å². The third-order valence-corrected chi connectivity index (χ3v) is 6.38. The first-order valence-corrected chi connectivity index (χ1v) is 9.73. The minimum atomic E-state index is 0. The highest BCUT2D eigenvalue weighted by Crippen LogP contribution is 2.35. The Morgan fingerprint density at radius 2 is 2.08 bits per heavy atom. The molecular formula is C18H34IN5S. The molecule has 0 saturated heterocycles. The van der Waals surface area contributed by atoms with E-state index in [-0.39, 0.29) is 29.5 Å². The van der Waals surface area contributed by atoms with Crippen LogP contribution in [0.15, 0.2) is 4.99 Å². The van der Waals surface area contributed by atoms with Crippen molar-refractivity contribution in [3.63, 3.8) is 0 Å². The number of hydrogen-bond acceptors (Lipinski definition) is 4. The lowest BCUT2D eigenvalue weighted by molar-refractivity contribution is 0.0795. The predicted octanol–water partition coefficient (Wildman–Crippen LogP) is 3.55. The Morgan fingerprint density at radius 3 is 2.60 bits per heavy atom. The molecule has 0 spiro atoms. The van der Waals surface area contributed by atoms with E-state index in [2.05, 4.69) is 60.4 Å². The highest BCUT2D eigenvalue weighted by Gasteiger charge is 2.36. The SMILES string of the molecule is CN=C(NCc1nc(C)c(C)s1)NCC1(N(C)C)CCCC(C)C1.I. The van der Waals surface area contributed by atoms with E-state index in [1.54, 1.807) is 11.3 Å². The van der Waals surface area contributed by atoms with Crippen molar-refractivity contribution in [2.24, 2.45) is 10.9 Å². The third-order valence-electron chi connectivity index (χ3n) is 5.30. The normalized spacial score (nSPS) is 24.1. The molecule has 1 heterocycles. The van der Waals surface area contributed by atoms with Crippen LogP contribution in [0.25, 0.3) is 0 Å². The number of guanidine groups is 1. The molecule has 1 aromatic heterocycles. The Morgan fingerprint density at radius 1 is 1.36 bits per heavy atom. The van der Waals surface area contributed by atoms with E-state index in [0.29, 0.717) is 0 Å². The van der Waals surface area contributed by atoms with Gasteiger partial charge in [0.2, 0.25) is 0 Å². The maximum Gasteiger partial charge on any atom is 0.191 e. The molecule has 2 atom stereocenters. The summed E-state index contributed by atoms with van der Waals surface area (Å²) in [6, 6.07) is 0. The van der Waals surface area contributed by atoms with Crippen LogP contribution in [0, 0.1) is 19.8 Å². The van der Waals surface area contributed by atoms with E-state index in [0.717, 1.165) is 35.7 Å². The molecule has 2 rings (SSSR count). The van der Waals surface area contributed by atoms with E-state index in [1.807, 2.05) is 7.05 Å². The second-order valence-electron chi connectivity index (χ2n) is 7.35. The fraction of sp³-hybridized carbons (Fsp3) is 0.778. The van der Waals surface area contributed by atoms with Crippen molar-refractivity contribution in [1.29, 1.82) is 0 Å². The zero-order chi connectivity index (χ0) is 17.7. The summed E-state index contributed by atoms with van der Waals surface area (Å²) in [6.45, 7) is 8.21. The summed E-state index contributed by atoms with van der Waals surface area (Å²) in [7, 11) is 6.24. The molecule has 0 aromatic carbocycles. The topological polar surface area (TPSA) is 52.6 Å². The van der Waals surface area contributed by atoms with Crippen LogP contribution in [-0.4, -0.2) is 49.1 Å². The fourth-order valence-corrected chi connectivity index (χ4v) is 4.47. The number of aryl methyl sites for hydroxylation is 2.